The topological polar surface area (TPSA) is 42.4 Å². The van der Waals surface area contributed by atoms with Crippen molar-refractivity contribution >= 4 is 40.6 Å². The fourth-order valence-corrected chi connectivity index (χ4v) is 5.97. The van der Waals surface area contributed by atoms with Crippen molar-refractivity contribution in [2.75, 3.05) is 13.1 Å². The fourth-order valence-electron chi connectivity index (χ4n) is 4.75. The van der Waals surface area contributed by atoms with Crippen LogP contribution in [0.3, 0.4) is 0 Å². The predicted molar refractivity (Wildman–Crippen MR) is 118 cm³/mol. The van der Waals surface area contributed by atoms with Gasteiger partial charge < -0.3 is 9.64 Å². The molecule has 2 heterocycles. The van der Waals surface area contributed by atoms with E-state index in [2.05, 4.69) is 11.4 Å². The molecule has 1 saturated carbocycles. The molecule has 0 radical (unpaired) electrons. The summed E-state index contributed by atoms with van der Waals surface area (Å²) >= 11 is 14.2. The first-order valence-corrected chi connectivity index (χ1v) is 11.5. The minimum atomic E-state index is -0.502. The molecular weight excluding hydrogens is 427 g/mol. The molecule has 1 aliphatic heterocycles. The van der Waals surface area contributed by atoms with Crippen molar-refractivity contribution in [1.82, 2.24) is 9.88 Å². The summed E-state index contributed by atoms with van der Waals surface area (Å²) in [5.41, 5.74) is 1.70. The maximum absolute atomic E-state index is 12.8. The first-order chi connectivity index (χ1) is 13.5. The lowest BCUT2D eigenvalue weighted by Crippen LogP contribution is -2.47. The van der Waals surface area contributed by atoms with Crippen LogP contribution in [-0.4, -0.2) is 34.7 Å². The second-order valence-electron chi connectivity index (χ2n) is 9.38. The van der Waals surface area contributed by atoms with Crippen LogP contribution in [-0.2, 0) is 16.6 Å². The molecule has 2 aromatic rings. The number of halogens is 2. The molecule has 1 aliphatic carbocycles. The summed E-state index contributed by atoms with van der Waals surface area (Å²) in [4.78, 5) is 19.3. The molecule has 156 valence electrons. The molecule has 2 atom stereocenters. The largest absolute Gasteiger partial charge is 0.444 e. The van der Waals surface area contributed by atoms with E-state index in [1.165, 1.54) is 5.56 Å². The smallest absolute Gasteiger partial charge is 0.410 e. The van der Waals surface area contributed by atoms with Gasteiger partial charge in [-0.3, -0.25) is 0 Å². The standard InChI is InChI=1S/C22H26Cl2N2O2S/c1-14-11-29-18(25-14)10-21-12-22(21,15-5-6-16(23)17(24)9-15)7-8-26(13-21)19(27)28-20(2,3)4/h5-6,9,11H,7-8,10,12-13H2,1-4H3. The number of hydrogen-bond acceptors (Lipinski definition) is 4. The first-order valence-electron chi connectivity index (χ1n) is 9.88. The Labute approximate surface area is 186 Å². The van der Waals surface area contributed by atoms with Crippen LogP contribution in [0.25, 0.3) is 0 Å². The summed E-state index contributed by atoms with van der Waals surface area (Å²) in [6.45, 7) is 9.07. The number of amides is 1. The Hall–Kier alpha value is -1.30. The average molecular weight is 453 g/mol. The van der Waals surface area contributed by atoms with E-state index >= 15 is 0 Å². The van der Waals surface area contributed by atoms with E-state index in [0.29, 0.717) is 23.1 Å². The molecule has 0 spiro atoms. The Morgan fingerprint density at radius 1 is 1.31 bits per heavy atom. The first kappa shape index (κ1) is 21.0. The van der Waals surface area contributed by atoms with Gasteiger partial charge in [0.2, 0.25) is 0 Å². The highest BCUT2D eigenvalue weighted by atomic mass is 35.5. The number of aryl methyl sites for hydroxylation is 1. The molecule has 2 fully saturated rings. The van der Waals surface area contributed by atoms with Gasteiger partial charge in [0.05, 0.1) is 15.1 Å². The summed E-state index contributed by atoms with van der Waals surface area (Å²) in [6.07, 6.45) is 2.51. The zero-order valence-electron chi connectivity index (χ0n) is 17.2. The van der Waals surface area contributed by atoms with E-state index in [1.54, 1.807) is 11.3 Å². The van der Waals surface area contributed by atoms with Crippen LogP contribution in [0, 0.1) is 12.3 Å². The third kappa shape index (κ3) is 3.89. The highest BCUT2D eigenvalue weighted by molar-refractivity contribution is 7.09. The van der Waals surface area contributed by atoms with Crippen LogP contribution in [0.5, 0.6) is 0 Å². The van der Waals surface area contributed by atoms with Crippen molar-refractivity contribution in [3.8, 4) is 0 Å². The quantitative estimate of drug-likeness (QED) is 0.550. The number of ether oxygens (including phenoxy) is 1. The van der Waals surface area contributed by atoms with Crippen molar-refractivity contribution in [3.63, 3.8) is 0 Å². The minimum Gasteiger partial charge on any atom is -0.444 e. The van der Waals surface area contributed by atoms with Gasteiger partial charge in [-0.15, -0.1) is 11.3 Å². The van der Waals surface area contributed by atoms with Crippen molar-refractivity contribution in [2.24, 2.45) is 5.41 Å². The van der Waals surface area contributed by atoms with Gasteiger partial charge in [-0.2, -0.15) is 0 Å². The molecule has 1 amide bonds. The van der Waals surface area contributed by atoms with E-state index in [9.17, 15) is 4.79 Å². The van der Waals surface area contributed by atoms with E-state index in [4.69, 9.17) is 32.9 Å². The zero-order chi connectivity index (χ0) is 21.0. The number of carbonyl (C=O) groups is 1. The zero-order valence-corrected chi connectivity index (χ0v) is 19.5. The van der Waals surface area contributed by atoms with Crippen LogP contribution < -0.4 is 0 Å². The van der Waals surface area contributed by atoms with E-state index in [1.807, 2.05) is 44.7 Å². The van der Waals surface area contributed by atoms with Gasteiger partial charge in [0, 0.05) is 41.4 Å². The number of aromatic nitrogens is 1. The third-order valence-corrected chi connectivity index (χ3v) is 7.82. The van der Waals surface area contributed by atoms with Gasteiger partial charge in [-0.05, 0) is 58.2 Å². The van der Waals surface area contributed by atoms with Gasteiger partial charge in [0.25, 0.3) is 0 Å². The van der Waals surface area contributed by atoms with Gasteiger partial charge in [-0.1, -0.05) is 29.3 Å². The van der Waals surface area contributed by atoms with Crippen LogP contribution in [0.4, 0.5) is 4.79 Å². The molecule has 1 aromatic heterocycles. The summed E-state index contributed by atoms with van der Waals surface area (Å²) < 4.78 is 5.65. The molecule has 2 aliphatic rings. The number of carbonyl (C=O) groups excluding carboxylic acids is 1. The normalized spacial score (nSPS) is 26.2. The van der Waals surface area contributed by atoms with E-state index in [-0.39, 0.29) is 16.9 Å². The number of likely N-dealkylation sites (tertiary alicyclic amines) is 1. The maximum Gasteiger partial charge on any atom is 0.410 e. The molecule has 1 saturated heterocycles. The van der Waals surface area contributed by atoms with Crippen LogP contribution in [0.15, 0.2) is 23.6 Å². The Kier molecular flexibility index (Phi) is 5.16. The highest BCUT2D eigenvalue weighted by Gasteiger charge is 2.70. The molecule has 2 unspecified atom stereocenters. The lowest BCUT2D eigenvalue weighted by Gasteiger charge is -2.38. The third-order valence-electron chi connectivity index (χ3n) is 6.11. The molecule has 0 N–H and O–H groups in total. The second kappa shape index (κ2) is 7.14. The Morgan fingerprint density at radius 2 is 2.07 bits per heavy atom. The number of benzene rings is 1. The monoisotopic (exact) mass is 452 g/mol. The number of hydrogen-bond donors (Lipinski definition) is 0. The Balaban J connectivity index is 1.65. The summed E-state index contributed by atoms with van der Waals surface area (Å²) in [6, 6.07) is 5.97. The Bertz CT molecular complexity index is 955. The number of piperidine rings is 1. The summed E-state index contributed by atoms with van der Waals surface area (Å²) in [5.74, 6) is 0. The SMILES string of the molecule is Cc1csc(CC23CN(C(=O)OC(C)(C)C)CCC2(c2ccc(Cl)c(Cl)c2)C3)n1. The van der Waals surface area contributed by atoms with Crippen molar-refractivity contribution in [3.05, 3.63) is 49.9 Å². The lowest BCUT2D eigenvalue weighted by molar-refractivity contribution is 0.0139. The van der Waals surface area contributed by atoms with Gasteiger partial charge in [0.15, 0.2) is 0 Å². The Morgan fingerprint density at radius 3 is 2.69 bits per heavy atom. The predicted octanol–water partition coefficient (Wildman–Crippen LogP) is 6.27. The number of fused-ring (bicyclic) bond motifs is 1. The van der Waals surface area contributed by atoms with Crippen molar-refractivity contribution in [2.45, 2.75) is 58.0 Å². The maximum atomic E-state index is 12.8. The van der Waals surface area contributed by atoms with Gasteiger partial charge in [0.1, 0.15) is 5.60 Å². The molecule has 0 bridgehead atoms. The molecule has 1 aromatic carbocycles. The highest BCUT2D eigenvalue weighted by Crippen LogP contribution is 2.70. The van der Waals surface area contributed by atoms with Crippen molar-refractivity contribution in [1.29, 1.82) is 0 Å². The van der Waals surface area contributed by atoms with Crippen LogP contribution >= 0.6 is 34.5 Å². The fraction of sp³-hybridized carbons (Fsp3) is 0.545. The van der Waals surface area contributed by atoms with Crippen molar-refractivity contribution < 1.29 is 9.53 Å². The summed E-state index contributed by atoms with van der Waals surface area (Å²) in [5, 5.41) is 4.36. The van der Waals surface area contributed by atoms with Gasteiger partial charge in [-0.25, -0.2) is 9.78 Å². The van der Waals surface area contributed by atoms with Gasteiger partial charge >= 0.3 is 6.09 Å². The van der Waals surface area contributed by atoms with Crippen LogP contribution in [0.1, 0.15) is 49.9 Å². The minimum absolute atomic E-state index is 0.000678. The molecule has 4 rings (SSSR count). The number of thiazole rings is 1. The lowest BCUT2D eigenvalue weighted by atomic mass is 9.79. The molecule has 4 nitrogen and oxygen atoms in total. The number of nitrogens with zero attached hydrogens (tertiary/aromatic N) is 2. The van der Waals surface area contributed by atoms with E-state index < -0.39 is 5.60 Å². The average Bonchev–Trinajstić information content (AvgIpc) is 3.12. The molecule has 29 heavy (non-hydrogen) atoms. The molecular formula is C22H26Cl2N2O2S. The number of rotatable bonds is 3. The summed E-state index contributed by atoms with van der Waals surface area (Å²) in [7, 11) is 0. The second-order valence-corrected chi connectivity index (χ2v) is 11.1. The molecule has 7 heteroatoms. The van der Waals surface area contributed by atoms with Crippen LogP contribution in [0.2, 0.25) is 10.0 Å². The van der Waals surface area contributed by atoms with E-state index in [0.717, 1.165) is 30.0 Å².